The zero-order chi connectivity index (χ0) is 14.4. The molecular weight excluding hydrogens is 252 g/mol. The van der Waals surface area contributed by atoms with Crippen LogP contribution in [0.15, 0.2) is 30.3 Å². The maximum Gasteiger partial charge on any atom is 0.218 e. The lowest BCUT2D eigenvalue weighted by Crippen LogP contribution is -2.47. The van der Waals surface area contributed by atoms with Crippen molar-refractivity contribution in [1.82, 2.24) is 0 Å². The Morgan fingerprint density at radius 1 is 1.05 bits per heavy atom. The Morgan fingerprint density at radius 2 is 1.68 bits per heavy atom. The molecule has 0 amide bonds. The average Bonchev–Trinajstić information content (AvgIpc) is 2.38. The van der Waals surface area contributed by atoms with Gasteiger partial charge in [0.15, 0.2) is 0 Å². The molecule has 1 aromatic carbocycles. The number of rotatable bonds is 8. The third-order valence-corrected chi connectivity index (χ3v) is 5.72. The first-order chi connectivity index (χ1) is 8.87. The highest BCUT2D eigenvalue weighted by Crippen LogP contribution is 2.19. The van der Waals surface area contributed by atoms with Crippen molar-refractivity contribution < 1.29 is 9.16 Å². The lowest BCUT2D eigenvalue weighted by Gasteiger charge is -2.31. The van der Waals surface area contributed by atoms with Crippen LogP contribution in [0.2, 0.25) is 13.1 Å². The van der Waals surface area contributed by atoms with Gasteiger partial charge < -0.3 is 9.16 Å². The van der Waals surface area contributed by atoms with Crippen LogP contribution in [0, 0.1) is 5.41 Å². The summed E-state index contributed by atoms with van der Waals surface area (Å²) in [5.74, 6) is 0. The summed E-state index contributed by atoms with van der Waals surface area (Å²) in [6.45, 7) is 13.4. The third-order valence-electron chi connectivity index (χ3n) is 3.13. The predicted octanol–water partition coefficient (Wildman–Crippen LogP) is 3.57. The molecule has 0 aliphatic carbocycles. The molecule has 0 aliphatic rings. The van der Waals surface area contributed by atoms with Crippen LogP contribution >= 0.6 is 0 Å². The van der Waals surface area contributed by atoms with E-state index in [0.29, 0.717) is 0 Å². The fourth-order valence-corrected chi connectivity index (χ4v) is 3.75. The predicted molar refractivity (Wildman–Crippen MR) is 84.4 cm³/mol. The minimum absolute atomic E-state index is 0.0776. The summed E-state index contributed by atoms with van der Waals surface area (Å²) < 4.78 is 11.9. The van der Waals surface area contributed by atoms with E-state index in [1.54, 1.807) is 0 Å². The maximum absolute atomic E-state index is 6.27. The van der Waals surface area contributed by atoms with Crippen LogP contribution in [0.3, 0.4) is 0 Å². The van der Waals surface area contributed by atoms with Crippen LogP contribution in [-0.4, -0.2) is 28.1 Å². The van der Waals surface area contributed by atoms with Crippen molar-refractivity contribution in [2.24, 2.45) is 5.41 Å². The van der Waals surface area contributed by atoms with E-state index < -0.39 is 8.32 Å². The van der Waals surface area contributed by atoms with E-state index in [0.717, 1.165) is 26.2 Å². The summed E-state index contributed by atoms with van der Waals surface area (Å²) in [6.07, 6.45) is 1.07. The molecule has 0 N–H and O–H groups in total. The Labute approximate surface area is 119 Å². The Balaban J connectivity index is 2.50. The van der Waals surface area contributed by atoms with Gasteiger partial charge in [-0.2, -0.15) is 0 Å². The van der Waals surface area contributed by atoms with Crippen LogP contribution in [0.5, 0.6) is 0 Å². The molecule has 0 saturated carbocycles. The Kier molecular flexibility index (Phi) is 6.24. The zero-order valence-corrected chi connectivity index (χ0v) is 14.0. The smallest absolute Gasteiger partial charge is 0.218 e. The van der Waals surface area contributed by atoms with Gasteiger partial charge in [-0.25, -0.2) is 0 Å². The van der Waals surface area contributed by atoms with E-state index >= 15 is 0 Å². The quantitative estimate of drug-likeness (QED) is 0.535. The summed E-state index contributed by atoms with van der Waals surface area (Å²) in [4.78, 5) is 0. The summed E-state index contributed by atoms with van der Waals surface area (Å²) >= 11 is 0. The first-order valence-electron chi connectivity index (χ1n) is 7.15. The monoisotopic (exact) mass is 280 g/mol. The Bertz CT molecular complexity index is 360. The van der Waals surface area contributed by atoms with E-state index in [4.69, 9.17) is 9.16 Å². The van der Waals surface area contributed by atoms with Crippen LogP contribution in [0.25, 0.3) is 0 Å². The first-order valence-corrected chi connectivity index (χ1v) is 10.1. The molecule has 0 aromatic heterocycles. The van der Waals surface area contributed by atoms with Crippen molar-refractivity contribution in [3.8, 4) is 0 Å². The largest absolute Gasteiger partial charge is 0.412 e. The average molecular weight is 280 g/mol. The standard InChI is InChI=1S/C16H28O2Si/c1-6-12-17-13-16(2,3)14-18-19(4,5)15-10-8-7-9-11-15/h7-11H,6,12-14H2,1-5H3. The van der Waals surface area contributed by atoms with Gasteiger partial charge in [-0.1, -0.05) is 51.1 Å². The Morgan fingerprint density at radius 3 is 2.26 bits per heavy atom. The van der Waals surface area contributed by atoms with Gasteiger partial charge in [-0.3, -0.25) is 0 Å². The van der Waals surface area contributed by atoms with Gasteiger partial charge in [0, 0.05) is 18.6 Å². The highest BCUT2D eigenvalue weighted by Gasteiger charge is 2.29. The number of ether oxygens (including phenoxy) is 1. The maximum atomic E-state index is 6.27. The topological polar surface area (TPSA) is 18.5 Å². The molecule has 1 aromatic rings. The van der Waals surface area contributed by atoms with E-state index in [1.807, 2.05) is 0 Å². The van der Waals surface area contributed by atoms with Crippen LogP contribution in [0.4, 0.5) is 0 Å². The summed E-state index contributed by atoms with van der Waals surface area (Å²) in [5.41, 5.74) is 0.0776. The van der Waals surface area contributed by atoms with Crippen molar-refractivity contribution in [2.75, 3.05) is 19.8 Å². The second kappa shape index (κ2) is 7.22. The second-order valence-corrected chi connectivity index (χ2v) is 10.3. The summed E-state index contributed by atoms with van der Waals surface area (Å²) in [6, 6.07) is 10.6. The van der Waals surface area contributed by atoms with E-state index in [1.165, 1.54) is 5.19 Å². The molecule has 0 fully saturated rings. The fourth-order valence-electron chi connectivity index (χ4n) is 1.83. The van der Waals surface area contributed by atoms with E-state index in [-0.39, 0.29) is 5.41 Å². The molecule has 3 heteroatoms. The minimum Gasteiger partial charge on any atom is -0.412 e. The van der Waals surface area contributed by atoms with Crippen molar-refractivity contribution in [3.05, 3.63) is 30.3 Å². The Hall–Kier alpha value is -0.643. The van der Waals surface area contributed by atoms with Crippen LogP contribution in [-0.2, 0) is 9.16 Å². The summed E-state index contributed by atoms with van der Waals surface area (Å²) in [5, 5.41) is 1.35. The lowest BCUT2D eigenvalue weighted by molar-refractivity contribution is 0.0336. The molecule has 0 spiro atoms. The molecule has 2 nitrogen and oxygen atoms in total. The molecular formula is C16H28O2Si. The number of benzene rings is 1. The van der Waals surface area contributed by atoms with E-state index in [9.17, 15) is 0 Å². The van der Waals surface area contributed by atoms with Gasteiger partial charge in [-0.15, -0.1) is 0 Å². The van der Waals surface area contributed by atoms with Gasteiger partial charge in [0.25, 0.3) is 0 Å². The second-order valence-electron chi connectivity index (χ2n) is 6.38. The molecule has 0 unspecified atom stereocenters. The third kappa shape index (κ3) is 5.89. The minimum atomic E-state index is -1.79. The number of hydrogen-bond acceptors (Lipinski definition) is 2. The van der Waals surface area contributed by atoms with E-state index in [2.05, 4.69) is 64.2 Å². The van der Waals surface area contributed by atoms with Crippen LogP contribution < -0.4 is 5.19 Å². The molecule has 0 heterocycles. The molecule has 1 rings (SSSR count). The zero-order valence-electron chi connectivity index (χ0n) is 13.0. The van der Waals surface area contributed by atoms with Gasteiger partial charge >= 0.3 is 0 Å². The molecule has 0 saturated heterocycles. The molecule has 0 aliphatic heterocycles. The van der Waals surface area contributed by atoms with Gasteiger partial charge in [0.1, 0.15) is 0 Å². The SMILES string of the molecule is CCCOCC(C)(C)CO[Si](C)(C)c1ccccc1. The highest BCUT2D eigenvalue weighted by atomic mass is 28.4. The number of hydrogen-bond donors (Lipinski definition) is 0. The summed E-state index contributed by atoms with van der Waals surface area (Å²) in [7, 11) is -1.79. The van der Waals surface area contributed by atoms with Gasteiger partial charge in [0.2, 0.25) is 8.32 Å². The van der Waals surface area contributed by atoms with Gasteiger partial charge in [-0.05, 0) is 24.7 Å². The molecule has 0 atom stereocenters. The van der Waals surface area contributed by atoms with Crippen molar-refractivity contribution in [3.63, 3.8) is 0 Å². The van der Waals surface area contributed by atoms with Gasteiger partial charge in [0.05, 0.1) is 6.61 Å². The highest BCUT2D eigenvalue weighted by molar-refractivity contribution is 6.84. The molecule has 108 valence electrons. The lowest BCUT2D eigenvalue weighted by atomic mass is 9.97. The molecule has 0 radical (unpaired) electrons. The van der Waals surface area contributed by atoms with Crippen molar-refractivity contribution in [2.45, 2.75) is 40.3 Å². The van der Waals surface area contributed by atoms with Crippen molar-refractivity contribution >= 4 is 13.5 Å². The van der Waals surface area contributed by atoms with Crippen LogP contribution in [0.1, 0.15) is 27.2 Å². The fraction of sp³-hybridized carbons (Fsp3) is 0.625. The first kappa shape index (κ1) is 16.4. The molecule has 0 bridgehead atoms. The molecule has 19 heavy (non-hydrogen) atoms. The van der Waals surface area contributed by atoms with Crippen molar-refractivity contribution in [1.29, 1.82) is 0 Å². The normalized spacial score (nSPS) is 12.7.